The number of aromatic nitrogens is 3. The van der Waals surface area contributed by atoms with Crippen molar-refractivity contribution in [3.63, 3.8) is 0 Å². The van der Waals surface area contributed by atoms with Gasteiger partial charge in [-0.25, -0.2) is 0 Å². The van der Waals surface area contributed by atoms with Crippen LogP contribution in [0.5, 0.6) is 0 Å². The van der Waals surface area contributed by atoms with E-state index in [1.54, 1.807) is 0 Å². The Morgan fingerprint density at radius 3 is 2.91 bits per heavy atom. The molecule has 1 unspecified atom stereocenters. The largest absolute Gasteiger partial charge is 0.350 e. The van der Waals surface area contributed by atoms with E-state index < -0.39 is 0 Å². The van der Waals surface area contributed by atoms with E-state index in [1.165, 1.54) is 23.9 Å². The highest BCUT2D eigenvalue weighted by atomic mass is 16.5. The molecule has 5 nitrogen and oxygen atoms in total. The van der Waals surface area contributed by atoms with Crippen LogP contribution in [0.3, 0.4) is 0 Å². The Hall–Kier alpha value is -2.14. The predicted octanol–water partition coefficient (Wildman–Crippen LogP) is 3.18. The molecule has 0 aliphatic carbocycles. The molecule has 1 aliphatic heterocycles. The van der Waals surface area contributed by atoms with Crippen LogP contribution in [0.25, 0.3) is 22.3 Å². The van der Waals surface area contributed by atoms with Gasteiger partial charge in [0.2, 0.25) is 11.7 Å². The Kier molecular flexibility index (Phi) is 3.27. The van der Waals surface area contributed by atoms with Gasteiger partial charge in [-0.15, -0.1) is 0 Å². The van der Waals surface area contributed by atoms with E-state index in [0.29, 0.717) is 11.7 Å². The zero-order valence-electron chi connectivity index (χ0n) is 14.0. The maximum absolute atomic E-state index is 5.63. The second-order valence-electron chi connectivity index (χ2n) is 7.31. The molecule has 0 N–H and O–H groups in total. The van der Waals surface area contributed by atoms with Gasteiger partial charge >= 0.3 is 0 Å². The van der Waals surface area contributed by atoms with E-state index in [0.717, 1.165) is 28.9 Å². The van der Waals surface area contributed by atoms with E-state index in [1.807, 2.05) is 13.1 Å². The van der Waals surface area contributed by atoms with Crippen molar-refractivity contribution in [3.8, 4) is 11.4 Å². The van der Waals surface area contributed by atoms with Gasteiger partial charge < -0.3 is 13.6 Å². The summed E-state index contributed by atoms with van der Waals surface area (Å²) >= 11 is 0. The fourth-order valence-electron chi connectivity index (χ4n) is 3.78. The number of para-hydroxylation sites is 1. The zero-order valence-corrected chi connectivity index (χ0v) is 14.0. The average Bonchev–Trinajstić information content (AvgIpc) is 3.12. The third kappa shape index (κ3) is 2.55. The molecule has 0 radical (unpaired) electrons. The van der Waals surface area contributed by atoms with Crippen LogP contribution in [0.1, 0.15) is 24.7 Å². The highest BCUT2D eigenvalue weighted by molar-refractivity contribution is 5.94. The lowest BCUT2D eigenvalue weighted by atomic mass is 9.97. The molecule has 0 bridgehead atoms. The van der Waals surface area contributed by atoms with Gasteiger partial charge in [-0.3, -0.25) is 0 Å². The van der Waals surface area contributed by atoms with Crippen molar-refractivity contribution >= 4 is 10.9 Å². The van der Waals surface area contributed by atoms with Gasteiger partial charge in [0.05, 0.1) is 33.1 Å². The molecule has 0 amide bonds. The topological polar surface area (TPSA) is 43.9 Å². The number of benzene rings is 1. The molecule has 5 heteroatoms. The maximum Gasteiger partial charge on any atom is 0.235 e. The standard InChI is InChI=1S/C18H23N4O/c1-21-11-15(14-8-4-5-9-16(14)21)17-19-18(23-20-17)13-7-6-10-22(2,3)12-13/h4-5,8-9,11,13H,6-7,10,12H2,1-3H3/q+1. The summed E-state index contributed by atoms with van der Waals surface area (Å²) in [4.78, 5) is 4.73. The summed E-state index contributed by atoms with van der Waals surface area (Å²) in [5.74, 6) is 1.86. The van der Waals surface area contributed by atoms with Crippen molar-refractivity contribution in [3.05, 3.63) is 36.4 Å². The van der Waals surface area contributed by atoms with Crippen LogP contribution >= 0.6 is 0 Å². The molecule has 3 heterocycles. The fourth-order valence-corrected chi connectivity index (χ4v) is 3.78. The molecule has 1 aliphatic rings. The lowest BCUT2D eigenvalue weighted by molar-refractivity contribution is -0.896. The smallest absolute Gasteiger partial charge is 0.235 e. The number of rotatable bonds is 2. The summed E-state index contributed by atoms with van der Waals surface area (Å²) in [5.41, 5.74) is 2.23. The number of piperidine rings is 1. The van der Waals surface area contributed by atoms with E-state index in [-0.39, 0.29) is 0 Å². The normalized spacial score (nSPS) is 20.9. The molecule has 0 saturated carbocycles. The predicted molar refractivity (Wildman–Crippen MR) is 90.0 cm³/mol. The molecule has 1 fully saturated rings. The van der Waals surface area contributed by atoms with Crippen molar-refractivity contribution in [1.29, 1.82) is 0 Å². The first-order chi connectivity index (χ1) is 11.0. The van der Waals surface area contributed by atoms with E-state index in [2.05, 4.69) is 48.2 Å². The first-order valence-electron chi connectivity index (χ1n) is 8.23. The molecular formula is C18H23N4O+. The summed E-state index contributed by atoms with van der Waals surface area (Å²) in [6.45, 7) is 2.29. The summed E-state index contributed by atoms with van der Waals surface area (Å²) in [7, 11) is 6.59. The summed E-state index contributed by atoms with van der Waals surface area (Å²) in [6.07, 6.45) is 4.43. The molecule has 0 spiro atoms. The number of nitrogens with zero attached hydrogens (tertiary/aromatic N) is 4. The van der Waals surface area contributed by atoms with Crippen molar-refractivity contribution in [2.75, 3.05) is 27.2 Å². The van der Waals surface area contributed by atoms with Gasteiger partial charge in [0.15, 0.2) is 0 Å². The molecule has 23 heavy (non-hydrogen) atoms. The fraction of sp³-hybridized carbons (Fsp3) is 0.444. The van der Waals surface area contributed by atoms with Crippen molar-refractivity contribution in [2.24, 2.45) is 7.05 Å². The molecule has 4 rings (SSSR count). The Balaban J connectivity index is 1.70. The Labute approximate surface area is 136 Å². The van der Waals surface area contributed by atoms with Crippen LogP contribution < -0.4 is 0 Å². The summed E-state index contributed by atoms with van der Waals surface area (Å²) in [6, 6.07) is 8.33. The Morgan fingerprint density at radius 2 is 2.09 bits per heavy atom. The first-order valence-corrected chi connectivity index (χ1v) is 8.23. The summed E-state index contributed by atoms with van der Waals surface area (Å²) < 4.78 is 8.77. The molecule has 120 valence electrons. The SMILES string of the molecule is Cn1cc(-c2noc(C3CCC[N+](C)(C)C3)n2)c2ccccc21. The monoisotopic (exact) mass is 311 g/mol. The Morgan fingerprint density at radius 1 is 1.26 bits per heavy atom. The van der Waals surface area contributed by atoms with Crippen molar-refractivity contribution in [1.82, 2.24) is 14.7 Å². The van der Waals surface area contributed by atoms with Crippen molar-refractivity contribution in [2.45, 2.75) is 18.8 Å². The molecule has 2 aromatic heterocycles. The molecule has 1 atom stereocenters. The number of hydrogen-bond acceptors (Lipinski definition) is 3. The van der Waals surface area contributed by atoms with Gasteiger partial charge in [-0.2, -0.15) is 4.98 Å². The number of likely N-dealkylation sites (tertiary alicyclic amines) is 1. The van der Waals surface area contributed by atoms with Crippen LogP contribution in [0, 0.1) is 0 Å². The van der Waals surface area contributed by atoms with Crippen LogP contribution in [-0.2, 0) is 7.05 Å². The third-order valence-corrected chi connectivity index (χ3v) is 4.96. The van der Waals surface area contributed by atoms with E-state index >= 15 is 0 Å². The van der Waals surface area contributed by atoms with Gasteiger partial charge in [0.25, 0.3) is 0 Å². The lowest BCUT2D eigenvalue weighted by Gasteiger charge is -2.36. The van der Waals surface area contributed by atoms with E-state index in [4.69, 9.17) is 9.51 Å². The number of aryl methyl sites for hydroxylation is 1. The minimum absolute atomic E-state index is 0.370. The second-order valence-corrected chi connectivity index (χ2v) is 7.31. The van der Waals surface area contributed by atoms with Crippen LogP contribution in [0.15, 0.2) is 35.0 Å². The lowest BCUT2D eigenvalue weighted by Crippen LogP contribution is -2.46. The number of likely N-dealkylation sites (N-methyl/N-ethyl adjacent to an activating group) is 1. The van der Waals surface area contributed by atoms with Gasteiger partial charge in [-0.1, -0.05) is 23.4 Å². The van der Waals surface area contributed by atoms with Crippen LogP contribution in [0.2, 0.25) is 0 Å². The molecular weight excluding hydrogens is 288 g/mol. The Bertz CT molecular complexity index is 846. The summed E-state index contributed by atoms with van der Waals surface area (Å²) in [5, 5.41) is 5.44. The third-order valence-electron chi connectivity index (χ3n) is 4.96. The van der Waals surface area contributed by atoms with Crippen molar-refractivity contribution < 1.29 is 9.01 Å². The minimum Gasteiger partial charge on any atom is -0.350 e. The number of quaternary nitrogens is 1. The van der Waals surface area contributed by atoms with Gasteiger partial charge in [-0.05, 0) is 18.9 Å². The minimum atomic E-state index is 0.370. The quantitative estimate of drug-likeness (QED) is 0.683. The average molecular weight is 311 g/mol. The van der Waals surface area contributed by atoms with Gasteiger partial charge in [0, 0.05) is 29.7 Å². The second kappa shape index (κ2) is 5.20. The maximum atomic E-state index is 5.63. The van der Waals surface area contributed by atoms with Gasteiger partial charge in [0.1, 0.15) is 0 Å². The van der Waals surface area contributed by atoms with E-state index in [9.17, 15) is 0 Å². The number of hydrogen-bond donors (Lipinski definition) is 0. The van der Waals surface area contributed by atoms with Crippen LogP contribution in [0.4, 0.5) is 0 Å². The molecule has 1 saturated heterocycles. The highest BCUT2D eigenvalue weighted by Gasteiger charge is 2.32. The molecule has 1 aromatic carbocycles. The zero-order chi connectivity index (χ0) is 16.0. The molecule has 3 aromatic rings. The number of fused-ring (bicyclic) bond motifs is 1. The first kappa shape index (κ1) is 14.5. The highest BCUT2D eigenvalue weighted by Crippen LogP contribution is 2.32. The van der Waals surface area contributed by atoms with Crippen LogP contribution in [-0.4, -0.2) is 46.4 Å².